The zero-order chi connectivity index (χ0) is 14.3. The number of benzene rings is 1. The summed E-state index contributed by atoms with van der Waals surface area (Å²) < 4.78 is 19.3. The van der Waals surface area contributed by atoms with E-state index in [-0.39, 0.29) is 18.3 Å². The Bertz CT molecular complexity index is 381. The topological polar surface area (TPSA) is 67.5 Å². The molecule has 0 fully saturated rings. The Morgan fingerprint density at radius 1 is 1.53 bits per heavy atom. The third-order valence-corrected chi connectivity index (χ3v) is 3.40. The lowest BCUT2D eigenvalue weighted by molar-refractivity contribution is 0.142. The van der Waals surface area contributed by atoms with Gasteiger partial charge in [-0.25, -0.2) is 4.39 Å². The first-order valence-corrected chi connectivity index (χ1v) is 7.05. The fourth-order valence-corrected chi connectivity index (χ4v) is 2.14. The fraction of sp³-hybridized carbons (Fsp3) is 0.538. The molecule has 0 aliphatic rings. The van der Waals surface area contributed by atoms with Gasteiger partial charge in [0.25, 0.3) is 0 Å². The molecule has 0 amide bonds. The van der Waals surface area contributed by atoms with Crippen LogP contribution < -0.4 is 11.1 Å². The highest BCUT2D eigenvalue weighted by Gasteiger charge is 2.13. The first-order valence-electron chi connectivity index (χ1n) is 6.26. The van der Waals surface area contributed by atoms with E-state index in [0.29, 0.717) is 29.8 Å². The van der Waals surface area contributed by atoms with Gasteiger partial charge in [-0.05, 0) is 53.5 Å². The number of aliphatic hydroxyl groups is 1. The predicted octanol–water partition coefficient (Wildman–Crippen LogP) is 2.22. The van der Waals surface area contributed by atoms with Gasteiger partial charge in [-0.3, -0.25) is 0 Å². The van der Waals surface area contributed by atoms with E-state index in [9.17, 15) is 9.50 Å². The number of nitrogens with two attached hydrogens (primary N) is 1. The average Bonchev–Trinajstić information content (AvgIpc) is 2.39. The number of hydrogen-bond donors (Lipinski definition) is 3. The fourth-order valence-electron chi connectivity index (χ4n) is 1.69. The zero-order valence-corrected chi connectivity index (χ0v) is 12.5. The Morgan fingerprint density at radius 3 is 2.84 bits per heavy atom. The van der Waals surface area contributed by atoms with Crippen molar-refractivity contribution in [2.24, 2.45) is 0 Å². The molecule has 0 spiro atoms. The van der Waals surface area contributed by atoms with Crippen molar-refractivity contribution in [3.05, 3.63) is 28.0 Å². The van der Waals surface area contributed by atoms with Crippen LogP contribution in [0.25, 0.3) is 0 Å². The van der Waals surface area contributed by atoms with Crippen molar-refractivity contribution < 1.29 is 14.2 Å². The first kappa shape index (κ1) is 16.4. The number of nitrogens with one attached hydrogen (secondary N) is 1. The Labute approximate surface area is 121 Å². The number of hydrogen-bond acceptors (Lipinski definition) is 4. The van der Waals surface area contributed by atoms with Gasteiger partial charge in [0, 0.05) is 17.7 Å². The molecule has 0 aromatic heterocycles. The van der Waals surface area contributed by atoms with E-state index in [0.717, 1.165) is 6.42 Å². The minimum absolute atomic E-state index is 0.0804. The first-order chi connectivity index (χ1) is 9.10. The van der Waals surface area contributed by atoms with Gasteiger partial charge in [0.2, 0.25) is 0 Å². The summed E-state index contributed by atoms with van der Waals surface area (Å²) in [5.41, 5.74) is 6.27. The van der Waals surface area contributed by atoms with Crippen molar-refractivity contribution in [1.29, 1.82) is 0 Å². The zero-order valence-electron chi connectivity index (χ0n) is 11.0. The van der Waals surface area contributed by atoms with Crippen LogP contribution in [0.2, 0.25) is 0 Å². The second-order valence-corrected chi connectivity index (χ2v) is 4.99. The van der Waals surface area contributed by atoms with E-state index in [4.69, 9.17) is 10.5 Å². The van der Waals surface area contributed by atoms with Gasteiger partial charge in [0.15, 0.2) is 0 Å². The molecule has 0 heterocycles. The molecule has 1 rings (SSSR count). The van der Waals surface area contributed by atoms with Gasteiger partial charge in [0.1, 0.15) is 5.82 Å². The van der Waals surface area contributed by atoms with Gasteiger partial charge < -0.3 is 20.9 Å². The summed E-state index contributed by atoms with van der Waals surface area (Å²) in [6.45, 7) is 3.89. The lowest BCUT2D eigenvalue weighted by Gasteiger charge is -2.18. The summed E-state index contributed by atoms with van der Waals surface area (Å²) >= 11 is 3.20. The molecule has 108 valence electrons. The van der Waals surface area contributed by atoms with Crippen LogP contribution in [0.1, 0.15) is 24.9 Å². The number of rotatable bonds is 8. The molecule has 0 saturated heterocycles. The number of ether oxygens (including phenoxy) is 1. The van der Waals surface area contributed by atoms with Gasteiger partial charge in [-0.2, -0.15) is 0 Å². The third kappa shape index (κ3) is 5.06. The molecule has 4 N–H and O–H groups in total. The lowest BCUT2D eigenvalue weighted by atomic mass is 10.1. The maximum atomic E-state index is 13.5. The molecule has 0 bridgehead atoms. The Balaban J connectivity index is 2.59. The van der Waals surface area contributed by atoms with Crippen LogP contribution in [-0.4, -0.2) is 31.5 Å². The van der Waals surface area contributed by atoms with E-state index in [1.165, 1.54) is 6.07 Å². The Morgan fingerprint density at radius 2 is 2.26 bits per heavy atom. The maximum Gasteiger partial charge on any atom is 0.147 e. The molecular formula is C13H20BrFN2O2. The normalized spacial score (nSPS) is 12.6. The van der Waals surface area contributed by atoms with Crippen LogP contribution in [0.3, 0.4) is 0 Å². The molecule has 0 aliphatic carbocycles. The van der Waals surface area contributed by atoms with Crippen LogP contribution in [-0.2, 0) is 4.74 Å². The highest BCUT2D eigenvalue weighted by molar-refractivity contribution is 9.10. The smallest absolute Gasteiger partial charge is 0.147 e. The van der Waals surface area contributed by atoms with Crippen LogP contribution in [0, 0.1) is 5.82 Å². The van der Waals surface area contributed by atoms with E-state index in [1.807, 2.05) is 6.92 Å². The number of halogens is 2. The molecule has 0 saturated carbocycles. The average molecular weight is 335 g/mol. The molecule has 1 unspecified atom stereocenters. The highest BCUT2D eigenvalue weighted by atomic mass is 79.9. The molecule has 4 nitrogen and oxygen atoms in total. The van der Waals surface area contributed by atoms with E-state index in [2.05, 4.69) is 21.2 Å². The SMILES string of the molecule is CCOCCCNC(CO)c1cc(F)c(N)c(Br)c1. The van der Waals surface area contributed by atoms with Crippen molar-refractivity contribution in [2.45, 2.75) is 19.4 Å². The number of anilines is 1. The summed E-state index contributed by atoms with van der Waals surface area (Å²) in [6, 6.07) is 2.75. The van der Waals surface area contributed by atoms with Crippen LogP contribution >= 0.6 is 15.9 Å². The maximum absolute atomic E-state index is 13.5. The van der Waals surface area contributed by atoms with Gasteiger partial charge in [-0.1, -0.05) is 0 Å². The Hall–Kier alpha value is -0.690. The van der Waals surface area contributed by atoms with E-state index < -0.39 is 5.82 Å². The minimum atomic E-state index is -0.487. The Kier molecular flexibility index (Phi) is 7.30. The minimum Gasteiger partial charge on any atom is -0.395 e. The van der Waals surface area contributed by atoms with E-state index >= 15 is 0 Å². The standard InChI is InChI=1S/C13H20BrFN2O2/c1-2-19-5-3-4-17-12(8-18)9-6-10(14)13(16)11(15)7-9/h6-7,12,17-18H,2-5,8,16H2,1H3. The summed E-state index contributed by atoms with van der Waals surface area (Å²) in [5.74, 6) is -0.487. The molecule has 0 aliphatic heterocycles. The van der Waals surface area contributed by atoms with Crippen molar-refractivity contribution in [3.63, 3.8) is 0 Å². The monoisotopic (exact) mass is 334 g/mol. The van der Waals surface area contributed by atoms with Gasteiger partial charge in [-0.15, -0.1) is 0 Å². The largest absolute Gasteiger partial charge is 0.395 e. The van der Waals surface area contributed by atoms with Crippen LogP contribution in [0.4, 0.5) is 10.1 Å². The summed E-state index contributed by atoms with van der Waals surface area (Å²) in [5, 5.41) is 12.5. The van der Waals surface area contributed by atoms with Crippen molar-refractivity contribution in [3.8, 4) is 0 Å². The van der Waals surface area contributed by atoms with E-state index in [1.54, 1.807) is 6.07 Å². The summed E-state index contributed by atoms with van der Waals surface area (Å²) in [7, 11) is 0. The second-order valence-electron chi connectivity index (χ2n) is 4.14. The predicted molar refractivity (Wildman–Crippen MR) is 77.5 cm³/mol. The number of aliphatic hydroxyl groups excluding tert-OH is 1. The van der Waals surface area contributed by atoms with Crippen molar-refractivity contribution in [2.75, 3.05) is 32.1 Å². The molecule has 0 radical (unpaired) electrons. The molecule has 1 aromatic rings. The molecular weight excluding hydrogens is 315 g/mol. The van der Waals surface area contributed by atoms with Crippen molar-refractivity contribution in [1.82, 2.24) is 5.32 Å². The summed E-state index contributed by atoms with van der Waals surface area (Å²) in [6.07, 6.45) is 0.836. The second kappa shape index (κ2) is 8.47. The molecule has 19 heavy (non-hydrogen) atoms. The quantitative estimate of drug-likeness (QED) is 0.503. The number of nitrogen functional groups attached to an aromatic ring is 1. The molecule has 1 aromatic carbocycles. The highest BCUT2D eigenvalue weighted by Crippen LogP contribution is 2.27. The molecule has 6 heteroatoms. The van der Waals surface area contributed by atoms with Crippen LogP contribution in [0.15, 0.2) is 16.6 Å². The van der Waals surface area contributed by atoms with Crippen LogP contribution in [0.5, 0.6) is 0 Å². The van der Waals surface area contributed by atoms with Gasteiger partial charge in [0.05, 0.1) is 18.3 Å². The third-order valence-electron chi connectivity index (χ3n) is 2.75. The van der Waals surface area contributed by atoms with Crippen molar-refractivity contribution >= 4 is 21.6 Å². The van der Waals surface area contributed by atoms with Gasteiger partial charge >= 0.3 is 0 Å². The molecule has 1 atom stereocenters. The summed E-state index contributed by atoms with van der Waals surface area (Å²) in [4.78, 5) is 0. The lowest BCUT2D eigenvalue weighted by Crippen LogP contribution is -2.26.